The zero-order valence-electron chi connectivity index (χ0n) is 17.5. The third-order valence-corrected chi connectivity index (χ3v) is 6.40. The molecule has 1 atom stereocenters. The summed E-state index contributed by atoms with van der Waals surface area (Å²) in [6, 6.07) is 12.2. The predicted octanol–water partition coefficient (Wildman–Crippen LogP) is 2.63. The van der Waals surface area contributed by atoms with E-state index in [1.165, 1.54) is 11.1 Å². The second-order valence-corrected chi connectivity index (χ2v) is 8.61. The van der Waals surface area contributed by atoms with Crippen LogP contribution in [0.1, 0.15) is 35.9 Å². The first kappa shape index (κ1) is 18.9. The maximum atomic E-state index is 13.0. The molecule has 0 unspecified atom stereocenters. The number of nitrogens with zero attached hydrogens (tertiary/aromatic N) is 5. The van der Waals surface area contributed by atoms with Crippen molar-refractivity contribution in [1.29, 1.82) is 0 Å². The molecular weight excluding hydrogens is 378 g/mol. The molecule has 5 rings (SSSR count). The number of aryl methyl sites for hydroxylation is 1. The number of carbonyl (C=O) groups is 1. The van der Waals surface area contributed by atoms with Gasteiger partial charge in [-0.3, -0.25) is 9.36 Å². The maximum Gasteiger partial charge on any atom is 0.345 e. The van der Waals surface area contributed by atoms with Crippen LogP contribution in [0.5, 0.6) is 0 Å². The van der Waals surface area contributed by atoms with Crippen molar-refractivity contribution >= 4 is 22.4 Å². The Morgan fingerprint density at radius 3 is 2.83 bits per heavy atom. The number of carbonyl (C=O) groups excluding carboxylic acids is 1. The van der Waals surface area contributed by atoms with Crippen LogP contribution in [-0.4, -0.2) is 44.8 Å². The van der Waals surface area contributed by atoms with Crippen molar-refractivity contribution < 1.29 is 4.79 Å². The van der Waals surface area contributed by atoms with Gasteiger partial charge in [0.1, 0.15) is 0 Å². The highest BCUT2D eigenvalue weighted by atomic mass is 16.2. The maximum absolute atomic E-state index is 13.0. The van der Waals surface area contributed by atoms with E-state index < -0.39 is 0 Å². The molecule has 7 heteroatoms. The van der Waals surface area contributed by atoms with Crippen molar-refractivity contribution in [3.8, 4) is 0 Å². The molecule has 3 heterocycles. The van der Waals surface area contributed by atoms with Gasteiger partial charge in [-0.15, -0.1) is 0 Å². The molecule has 1 fully saturated rings. The molecule has 0 saturated carbocycles. The number of aromatic nitrogens is 3. The van der Waals surface area contributed by atoms with E-state index >= 15 is 0 Å². The van der Waals surface area contributed by atoms with E-state index in [4.69, 9.17) is 0 Å². The Bertz CT molecular complexity index is 1180. The third-order valence-electron chi connectivity index (χ3n) is 6.40. The summed E-state index contributed by atoms with van der Waals surface area (Å²) in [5.74, 6) is 1.49. The fourth-order valence-electron chi connectivity index (χ4n) is 4.80. The van der Waals surface area contributed by atoms with Gasteiger partial charge in [0.15, 0.2) is 5.82 Å². The van der Waals surface area contributed by atoms with Gasteiger partial charge in [-0.2, -0.15) is 5.10 Å². The molecule has 2 aliphatic rings. The molecule has 1 saturated heterocycles. The Labute approximate surface area is 175 Å². The van der Waals surface area contributed by atoms with Gasteiger partial charge in [0, 0.05) is 49.9 Å². The average molecular weight is 406 g/mol. The molecule has 0 radical (unpaired) electrons. The number of piperidine rings is 1. The SMILES string of the molecule is C[C@H]1CCCN(C(=O)c2ccc3c(N4CCn5c(nn(C)c5=O)C4)cccc3c2)C1. The van der Waals surface area contributed by atoms with Crippen LogP contribution in [0.4, 0.5) is 5.69 Å². The van der Waals surface area contributed by atoms with Crippen molar-refractivity contribution in [2.45, 2.75) is 32.9 Å². The number of likely N-dealkylation sites (tertiary alicyclic amines) is 1. The average Bonchev–Trinajstić information content (AvgIpc) is 3.05. The Morgan fingerprint density at radius 1 is 1.13 bits per heavy atom. The van der Waals surface area contributed by atoms with E-state index in [-0.39, 0.29) is 11.6 Å². The number of hydrogen-bond donors (Lipinski definition) is 0. The molecule has 156 valence electrons. The summed E-state index contributed by atoms with van der Waals surface area (Å²) >= 11 is 0. The molecule has 2 aromatic carbocycles. The van der Waals surface area contributed by atoms with Crippen LogP contribution in [0, 0.1) is 5.92 Å². The van der Waals surface area contributed by atoms with Gasteiger partial charge >= 0.3 is 5.69 Å². The van der Waals surface area contributed by atoms with E-state index in [0.717, 1.165) is 53.9 Å². The normalized spacial score (nSPS) is 19.2. The van der Waals surface area contributed by atoms with E-state index in [1.54, 1.807) is 11.6 Å². The lowest BCUT2D eigenvalue weighted by atomic mass is 9.98. The Morgan fingerprint density at radius 2 is 2.00 bits per heavy atom. The summed E-state index contributed by atoms with van der Waals surface area (Å²) in [6.07, 6.45) is 2.28. The van der Waals surface area contributed by atoms with Gasteiger partial charge in [0.2, 0.25) is 0 Å². The van der Waals surface area contributed by atoms with Crippen molar-refractivity contribution in [1.82, 2.24) is 19.2 Å². The molecule has 0 spiro atoms. The first-order valence-corrected chi connectivity index (χ1v) is 10.7. The molecular formula is C23H27N5O2. The monoisotopic (exact) mass is 405 g/mol. The smallest absolute Gasteiger partial charge is 0.345 e. The summed E-state index contributed by atoms with van der Waals surface area (Å²) in [4.78, 5) is 29.4. The zero-order chi connectivity index (χ0) is 20.8. The van der Waals surface area contributed by atoms with E-state index in [2.05, 4.69) is 35.1 Å². The molecule has 2 aliphatic heterocycles. The summed E-state index contributed by atoms with van der Waals surface area (Å²) < 4.78 is 3.15. The number of hydrogen-bond acceptors (Lipinski definition) is 4. The first-order valence-electron chi connectivity index (χ1n) is 10.7. The minimum Gasteiger partial charge on any atom is -0.362 e. The van der Waals surface area contributed by atoms with Gasteiger partial charge in [0.25, 0.3) is 5.91 Å². The van der Waals surface area contributed by atoms with Crippen LogP contribution in [0.3, 0.4) is 0 Å². The molecule has 0 aliphatic carbocycles. The number of benzene rings is 2. The molecule has 1 amide bonds. The fourth-order valence-corrected chi connectivity index (χ4v) is 4.80. The van der Waals surface area contributed by atoms with Crippen molar-refractivity contribution in [3.05, 3.63) is 58.3 Å². The molecule has 0 bridgehead atoms. The second kappa shape index (κ2) is 7.31. The highest BCUT2D eigenvalue weighted by Gasteiger charge is 2.24. The second-order valence-electron chi connectivity index (χ2n) is 8.61. The van der Waals surface area contributed by atoms with Crippen molar-refractivity contribution in [2.75, 3.05) is 24.5 Å². The molecule has 3 aromatic rings. The summed E-state index contributed by atoms with van der Waals surface area (Å²) in [5.41, 5.74) is 1.81. The largest absolute Gasteiger partial charge is 0.362 e. The molecule has 1 aromatic heterocycles. The van der Waals surface area contributed by atoms with Crippen molar-refractivity contribution in [2.24, 2.45) is 13.0 Å². The van der Waals surface area contributed by atoms with Gasteiger partial charge in [-0.25, -0.2) is 9.48 Å². The van der Waals surface area contributed by atoms with E-state index in [0.29, 0.717) is 19.0 Å². The van der Waals surface area contributed by atoms with Crippen LogP contribution in [0.2, 0.25) is 0 Å². The summed E-state index contributed by atoms with van der Waals surface area (Å²) in [6.45, 7) is 5.89. The summed E-state index contributed by atoms with van der Waals surface area (Å²) in [7, 11) is 1.69. The third kappa shape index (κ3) is 3.18. The van der Waals surface area contributed by atoms with Crippen molar-refractivity contribution in [3.63, 3.8) is 0 Å². The lowest BCUT2D eigenvalue weighted by Gasteiger charge is -2.31. The first-order chi connectivity index (χ1) is 14.5. The highest BCUT2D eigenvalue weighted by molar-refractivity contribution is 6.01. The van der Waals surface area contributed by atoms with E-state index in [1.807, 2.05) is 23.1 Å². The van der Waals surface area contributed by atoms with Gasteiger partial charge in [0.05, 0.1) is 6.54 Å². The lowest BCUT2D eigenvalue weighted by Crippen LogP contribution is -2.39. The Balaban J connectivity index is 1.45. The number of fused-ring (bicyclic) bond motifs is 2. The molecule has 0 N–H and O–H groups in total. The van der Waals surface area contributed by atoms with Crippen LogP contribution in [0.15, 0.2) is 41.2 Å². The van der Waals surface area contributed by atoms with Crippen LogP contribution in [0.25, 0.3) is 10.8 Å². The van der Waals surface area contributed by atoms with Crippen LogP contribution in [-0.2, 0) is 20.1 Å². The fraction of sp³-hybridized carbons (Fsp3) is 0.435. The molecule has 30 heavy (non-hydrogen) atoms. The Kier molecular flexibility index (Phi) is 4.60. The molecule has 7 nitrogen and oxygen atoms in total. The van der Waals surface area contributed by atoms with Crippen LogP contribution >= 0.6 is 0 Å². The zero-order valence-corrected chi connectivity index (χ0v) is 17.5. The minimum absolute atomic E-state index is 0.0576. The number of anilines is 1. The number of amides is 1. The lowest BCUT2D eigenvalue weighted by molar-refractivity contribution is 0.0683. The van der Waals surface area contributed by atoms with E-state index in [9.17, 15) is 9.59 Å². The quantitative estimate of drug-likeness (QED) is 0.658. The Hall–Kier alpha value is -3.09. The van der Waals surface area contributed by atoms with Crippen LogP contribution < -0.4 is 10.6 Å². The standard InChI is InChI=1S/C23H27N5O2/c1-16-5-4-10-27(14-16)22(29)18-8-9-19-17(13-18)6-3-7-20(19)26-11-12-28-21(15-26)24-25(2)23(28)30/h3,6-9,13,16H,4-5,10-12,14-15H2,1-2H3/t16-/m0/s1. The predicted molar refractivity (Wildman–Crippen MR) is 117 cm³/mol. The summed E-state index contributed by atoms with van der Waals surface area (Å²) in [5, 5.41) is 6.56. The minimum atomic E-state index is -0.0576. The van der Waals surface area contributed by atoms with Gasteiger partial charge < -0.3 is 9.80 Å². The topological polar surface area (TPSA) is 63.4 Å². The van der Waals surface area contributed by atoms with Gasteiger partial charge in [-0.05, 0) is 42.3 Å². The van der Waals surface area contributed by atoms with Gasteiger partial charge in [-0.1, -0.05) is 25.1 Å². The highest BCUT2D eigenvalue weighted by Crippen LogP contribution is 2.30. The number of rotatable bonds is 2.